The molecule has 18 heavy (non-hydrogen) atoms. The number of carbonyl (C=O) groups excluding carboxylic acids is 1. The zero-order valence-electron chi connectivity index (χ0n) is 9.82. The normalized spacial score (nSPS) is 19.5. The molecule has 0 bridgehead atoms. The van der Waals surface area contributed by atoms with E-state index in [4.69, 9.17) is 17.3 Å². The minimum absolute atomic E-state index is 0.150. The van der Waals surface area contributed by atoms with Crippen LogP contribution in [0.4, 0.5) is 5.69 Å². The summed E-state index contributed by atoms with van der Waals surface area (Å²) in [5, 5.41) is 3.75. The molecule has 0 saturated carbocycles. The van der Waals surface area contributed by atoms with E-state index in [1.807, 2.05) is 23.5 Å². The lowest BCUT2D eigenvalue weighted by atomic mass is 10.2. The number of hydrogen-bond donors (Lipinski definition) is 2. The van der Waals surface area contributed by atoms with Gasteiger partial charge in [-0.1, -0.05) is 17.7 Å². The first-order chi connectivity index (χ1) is 8.68. The maximum atomic E-state index is 12.0. The first-order valence-corrected chi connectivity index (χ1v) is 8.28. The van der Waals surface area contributed by atoms with Crippen molar-refractivity contribution in [1.29, 1.82) is 0 Å². The summed E-state index contributed by atoms with van der Waals surface area (Å²) in [7, 11) is 0. The van der Waals surface area contributed by atoms with Gasteiger partial charge in [0.05, 0.1) is 16.3 Å². The molecule has 0 aliphatic carbocycles. The van der Waals surface area contributed by atoms with E-state index in [1.54, 1.807) is 18.2 Å². The maximum Gasteiger partial charge on any atom is 0.252 e. The summed E-state index contributed by atoms with van der Waals surface area (Å²) >= 11 is 9.87. The molecule has 3 N–H and O–H groups in total. The minimum atomic E-state index is -0.150. The Morgan fingerprint density at radius 3 is 3.06 bits per heavy atom. The number of nitrogen functional groups attached to an aromatic ring is 1. The van der Waals surface area contributed by atoms with Crippen LogP contribution in [0.2, 0.25) is 5.02 Å². The Hall–Kier alpha value is -0.520. The molecule has 0 radical (unpaired) electrons. The molecule has 1 amide bonds. The van der Waals surface area contributed by atoms with Crippen molar-refractivity contribution in [2.24, 2.45) is 0 Å². The lowest BCUT2D eigenvalue weighted by molar-refractivity contribution is 0.0954. The second-order valence-electron chi connectivity index (χ2n) is 3.99. The number of nitrogens with one attached hydrogen (secondary N) is 1. The number of carbonyl (C=O) groups is 1. The molecule has 0 aromatic heterocycles. The molecule has 1 aliphatic heterocycles. The lowest BCUT2D eigenvalue weighted by Gasteiger charge is -2.21. The third-order valence-electron chi connectivity index (χ3n) is 2.65. The zero-order valence-corrected chi connectivity index (χ0v) is 12.2. The lowest BCUT2D eigenvalue weighted by Crippen LogP contribution is -2.33. The average Bonchev–Trinajstić information content (AvgIpc) is 2.40. The Labute approximate surface area is 120 Å². The van der Waals surface area contributed by atoms with Crippen LogP contribution in [0, 0.1) is 0 Å². The van der Waals surface area contributed by atoms with Crippen molar-refractivity contribution < 1.29 is 4.79 Å². The topological polar surface area (TPSA) is 55.1 Å². The SMILES string of the molecule is Nc1cccc(C(=O)NCC2CSCCS2)c1Cl. The quantitative estimate of drug-likeness (QED) is 0.842. The second-order valence-corrected chi connectivity index (χ2v) is 6.92. The van der Waals surface area contributed by atoms with Crippen molar-refractivity contribution in [3.8, 4) is 0 Å². The second kappa shape index (κ2) is 6.59. The molecule has 1 fully saturated rings. The van der Waals surface area contributed by atoms with Gasteiger partial charge in [-0.2, -0.15) is 23.5 Å². The van der Waals surface area contributed by atoms with Crippen molar-refractivity contribution in [2.45, 2.75) is 5.25 Å². The van der Waals surface area contributed by atoms with Gasteiger partial charge in [0.1, 0.15) is 0 Å². The number of nitrogens with two attached hydrogens (primary N) is 1. The van der Waals surface area contributed by atoms with Crippen molar-refractivity contribution in [3.05, 3.63) is 28.8 Å². The van der Waals surface area contributed by atoms with E-state index in [1.165, 1.54) is 5.75 Å². The molecule has 1 aromatic rings. The Morgan fingerprint density at radius 2 is 2.33 bits per heavy atom. The predicted octanol–water partition coefficient (Wildman–Crippen LogP) is 2.50. The molecule has 1 saturated heterocycles. The Bertz CT molecular complexity index is 436. The van der Waals surface area contributed by atoms with Gasteiger partial charge < -0.3 is 11.1 Å². The maximum absolute atomic E-state index is 12.0. The van der Waals surface area contributed by atoms with Crippen LogP contribution in [0.25, 0.3) is 0 Å². The number of amides is 1. The standard InChI is InChI=1S/C12H15ClN2OS2/c13-11-9(2-1-3-10(11)14)12(16)15-6-8-7-17-4-5-18-8/h1-3,8H,4-7,14H2,(H,15,16). The van der Waals surface area contributed by atoms with E-state index < -0.39 is 0 Å². The van der Waals surface area contributed by atoms with Gasteiger partial charge in [0.2, 0.25) is 0 Å². The highest BCUT2D eigenvalue weighted by Crippen LogP contribution is 2.25. The number of hydrogen-bond acceptors (Lipinski definition) is 4. The van der Waals surface area contributed by atoms with Crippen LogP contribution in [0.1, 0.15) is 10.4 Å². The van der Waals surface area contributed by atoms with Crippen LogP contribution in [0.3, 0.4) is 0 Å². The van der Waals surface area contributed by atoms with Crippen LogP contribution >= 0.6 is 35.1 Å². The average molecular weight is 303 g/mol. The van der Waals surface area contributed by atoms with Gasteiger partial charge in [-0.15, -0.1) is 0 Å². The van der Waals surface area contributed by atoms with E-state index in [-0.39, 0.29) is 5.91 Å². The van der Waals surface area contributed by atoms with Crippen molar-refractivity contribution >= 4 is 46.7 Å². The van der Waals surface area contributed by atoms with Gasteiger partial charge >= 0.3 is 0 Å². The van der Waals surface area contributed by atoms with Crippen molar-refractivity contribution in [1.82, 2.24) is 5.32 Å². The van der Waals surface area contributed by atoms with E-state index >= 15 is 0 Å². The first kappa shape index (κ1) is 13.9. The largest absolute Gasteiger partial charge is 0.398 e. The van der Waals surface area contributed by atoms with Crippen LogP contribution in [0.15, 0.2) is 18.2 Å². The minimum Gasteiger partial charge on any atom is -0.398 e. The molecule has 1 unspecified atom stereocenters. The Morgan fingerprint density at radius 1 is 1.50 bits per heavy atom. The number of rotatable bonds is 3. The van der Waals surface area contributed by atoms with Crippen molar-refractivity contribution in [2.75, 3.05) is 29.5 Å². The van der Waals surface area contributed by atoms with Gasteiger partial charge in [0.15, 0.2) is 0 Å². The fraction of sp³-hybridized carbons (Fsp3) is 0.417. The molecular formula is C12H15ClN2OS2. The third-order valence-corrected chi connectivity index (χ3v) is 5.92. The van der Waals surface area contributed by atoms with Gasteiger partial charge in [0, 0.05) is 29.1 Å². The fourth-order valence-electron chi connectivity index (χ4n) is 1.68. The van der Waals surface area contributed by atoms with Gasteiger partial charge in [-0.3, -0.25) is 4.79 Å². The van der Waals surface area contributed by atoms with E-state index in [2.05, 4.69) is 5.32 Å². The highest BCUT2D eigenvalue weighted by Gasteiger charge is 2.17. The number of anilines is 1. The van der Waals surface area contributed by atoms with Gasteiger partial charge in [-0.25, -0.2) is 0 Å². The highest BCUT2D eigenvalue weighted by atomic mass is 35.5. The van der Waals surface area contributed by atoms with Crippen LogP contribution in [-0.4, -0.2) is 35.0 Å². The summed E-state index contributed by atoms with van der Waals surface area (Å²) in [6.07, 6.45) is 0. The van der Waals surface area contributed by atoms with Gasteiger partial charge in [0.25, 0.3) is 5.91 Å². The molecule has 0 spiro atoms. The fourth-order valence-corrected chi connectivity index (χ4v) is 4.51. The Balaban J connectivity index is 1.93. The number of thioether (sulfide) groups is 2. The molecule has 1 aromatic carbocycles. The summed E-state index contributed by atoms with van der Waals surface area (Å²) in [6.45, 7) is 0.682. The molecular weight excluding hydrogens is 288 g/mol. The molecule has 2 rings (SSSR count). The molecule has 6 heteroatoms. The summed E-state index contributed by atoms with van der Waals surface area (Å²) in [5.41, 5.74) is 6.56. The Kier molecular flexibility index (Phi) is 5.09. The zero-order chi connectivity index (χ0) is 13.0. The molecule has 1 heterocycles. The highest BCUT2D eigenvalue weighted by molar-refractivity contribution is 8.06. The summed E-state index contributed by atoms with van der Waals surface area (Å²) in [6, 6.07) is 5.12. The van der Waals surface area contributed by atoms with E-state index in [9.17, 15) is 4.79 Å². The summed E-state index contributed by atoms with van der Waals surface area (Å²) < 4.78 is 0. The van der Waals surface area contributed by atoms with E-state index in [0.29, 0.717) is 28.1 Å². The van der Waals surface area contributed by atoms with Crippen LogP contribution in [-0.2, 0) is 0 Å². The summed E-state index contributed by atoms with van der Waals surface area (Å²) in [4.78, 5) is 12.0. The van der Waals surface area contributed by atoms with Crippen molar-refractivity contribution in [3.63, 3.8) is 0 Å². The number of benzene rings is 1. The van der Waals surface area contributed by atoms with Gasteiger partial charge in [-0.05, 0) is 12.1 Å². The van der Waals surface area contributed by atoms with Crippen LogP contribution < -0.4 is 11.1 Å². The molecule has 98 valence electrons. The molecule has 1 aliphatic rings. The third kappa shape index (κ3) is 3.49. The first-order valence-electron chi connectivity index (χ1n) is 5.70. The van der Waals surface area contributed by atoms with E-state index in [0.717, 1.165) is 11.5 Å². The molecule has 3 nitrogen and oxygen atoms in total. The molecule has 1 atom stereocenters. The monoisotopic (exact) mass is 302 g/mol. The predicted molar refractivity (Wildman–Crippen MR) is 81.8 cm³/mol. The number of halogens is 1. The smallest absolute Gasteiger partial charge is 0.252 e. The summed E-state index contributed by atoms with van der Waals surface area (Å²) in [5.74, 6) is 3.30. The van der Waals surface area contributed by atoms with Crippen LogP contribution in [0.5, 0.6) is 0 Å².